The molecule has 0 spiro atoms. The van der Waals surface area contributed by atoms with E-state index in [9.17, 15) is 4.79 Å². The topological polar surface area (TPSA) is 86.5 Å². The van der Waals surface area contributed by atoms with Gasteiger partial charge in [0.15, 0.2) is 11.5 Å². The standard InChI is InChI=1S/C24H21N3O3S2/c25-20-19-14-4-1-2-5-15(14)21(18-6-3-9-31-18)27-24(19)32-22(20)23(28)26-11-13-7-8-16-17(10-13)30-12-29-16/h3,6-10H,1-2,4-5,11-12,25H2,(H,26,28). The van der Waals surface area contributed by atoms with Crippen LogP contribution >= 0.6 is 22.7 Å². The third-order valence-electron chi connectivity index (χ3n) is 6.05. The van der Waals surface area contributed by atoms with Crippen LogP contribution in [0.1, 0.15) is 39.2 Å². The molecule has 1 aliphatic carbocycles. The molecule has 3 aromatic heterocycles. The molecule has 4 heterocycles. The number of nitrogens with one attached hydrogen (secondary N) is 1. The molecule has 4 aromatic rings. The van der Waals surface area contributed by atoms with Gasteiger partial charge in [0.05, 0.1) is 16.3 Å². The van der Waals surface area contributed by atoms with Gasteiger partial charge >= 0.3 is 0 Å². The van der Waals surface area contributed by atoms with Gasteiger partial charge in [0.2, 0.25) is 6.79 Å². The first-order valence-corrected chi connectivity index (χ1v) is 12.3. The lowest BCUT2D eigenvalue weighted by molar-refractivity contribution is 0.0955. The number of amides is 1. The Morgan fingerprint density at radius 3 is 2.81 bits per heavy atom. The highest BCUT2D eigenvalue weighted by molar-refractivity contribution is 7.21. The first kappa shape index (κ1) is 19.6. The average Bonchev–Trinajstić information content (AvgIpc) is 3.57. The number of nitrogens with two attached hydrogens (primary N) is 1. The SMILES string of the molecule is Nc1c(C(=O)NCc2ccc3c(c2)OCO3)sc2nc(-c3cccs3)c3c(c12)CCCC3. The van der Waals surface area contributed by atoms with E-state index in [1.54, 1.807) is 11.3 Å². The van der Waals surface area contributed by atoms with Crippen molar-refractivity contribution in [3.63, 3.8) is 0 Å². The van der Waals surface area contributed by atoms with Crippen molar-refractivity contribution >= 4 is 44.5 Å². The Balaban J connectivity index is 1.34. The van der Waals surface area contributed by atoms with Crippen LogP contribution in [0.5, 0.6) is 11.5 Å². The molecule has 0 fully saturated rings. The summed E-state index contributed by atoms with van der Waals surface area (Å²) in [6.07, 6.45) is 4.28. The van der Waals surface area contributed by atoms with Crippen molar-refractivity contribution in [1.29, 1.82) is 0 Å². The van der Waals surface area contributed by atoms with E-state index in [1.807, 2.05) is 18.2 Å². The van der Waals surface area contributed by atoms with Gasteiger partial charge in [0, 0.05) is 11.9 Å². The fraction of sp³-hybridized carbons (Fsp3) is 0.250. The monoisotopic (exact) mass is 463 g/mol. The number of benzene rings is 1. The molecule has 6 rings (SSSR count). The zero-order valence-corrected chi connectivity index (χ0v) is 18.9. The van der Waals surface area contributed by atoms with E-state index in [0.717, 1.165) is 52.9 Å². The number of carbonyl (C=O) groups excluding carboxylic acids is 1. The zero-order valence-electron chi connectivity index (χ0n) is 17.3. The van der Waals surface area contributed by atoms with Crippen LogP contribution in [0.3, 0.4) is 0 Å². The molecule has 0 atom stereocenters. The van der Waals surface area contributed by atoms with Crippen molar-refractivity contribution in [3.8, 4) is 22.1 Å². The van der Waals surface area contributed by atoms with Crippen molar-refractivity contribution < 1.29 is 14.3 Å². The van der Waals surface area contributed by atoms with Crippen LogP contribution in [-0.2, 0) is 19.4 Å². The summed E-state index contributed by atoms with van der Waals surface area (Å²) >= 11 is 3.08. The van der Waals surface area contributed by atoms with Gasteiger partial charge in [-0.3, -0.25) is 4.79 Å². The summed E-state index contributed by atoms with van der Waals surface area (Å²) in [5.41, 5.74) is 11.7. The number of carbonyl (C=O) groups is 1. The minimum Gasteiger partial charge on any atom is -0.454 e. The zero-order chi connectivity index (χ0) is 21.7. The minimum atomic E-state index is -0.176. The highest BCUT2D eigenvalue weighted by Gasteiger charge is 2.26. The minimum absolute atomic E-state index is 0.176. The Labute approximate surface area is 193 Å². The predicted octanol–water partition coefficient (Wildman–Crippen LogP) is 5.14. The summed E-state index contributed by atoms with van der Waals surface area (Å²) in [5.74, 6) is 1.26. The van der Waals surface area contributed by atoms with Gasteiger partial charge in [0.25, 0.3) is 5.91 Å². The molecule has 0 radical (unpaired) electrons. The second kappa shape index (κ2) is 7.79. The molecule has 2 aliphatic rings. The third-order valence-corrected chi connectivity index (χ3v) is 8.02. The lowest BCUT2D eigenvalue weighted by Gasteiger charge is -2.19. The molecule has 0 unspecified atom stereocenters. The van der Waals surface area contributed by atoms with E-state index < -0.39 is 0 Å². The summed E-state index contributed by atoms with van der Waals surface area (Å²) in [5, 5.41) is 6.05. The number of nitrogens with zero attached hydrogens (tertiary/aromatic N) is 1. The average molecular weight is 464 g/mol. The van der Waals surface area contributed by atoms with Crippen LogP contribution in [0.15, 0.2) is 35.7 Å². The fourth-order valence-corrected chi connectivity index (χ4v) is 6.30. The first-order valence-electron chi connectivity index (χ1n) is 10.6. The summed E-state index contributed by atoms with van der Waals surface area (Å²) in [4.78, 5) is 20.6. The molecule has 0 bridgehead atoms. The summed E-state index contributed by atoms with van der Waals surface area (Å²) < 4.78 is 10.8. The number of ether oxygens (including phenoxy) is 2. The van der Waals surface area contributed by atoms with Gasteiger partial charge in [-0.1, -0.05) is 12.1 Å². The highest BCUT2D eigenvalue weighted by Crippen LogP contribution is 2.43. The molecular formula is C24H21N3O3S2. The van der Waals surface area contributed by atoms with E-state index in [4.69, 9.17) is 20.2 Å². The van der Waals surface area contributed by atoms with Crippen LogP contribution in [-0.4, -0.2) is 17.7 Å². The van der Waals surface area contributed by atoms with Crippen molar-refractivity contribution in [1.82, 2.24) is 10.3 Å². The van der Waals surface area contributed by atoms with Gasteiger partial charge < -0.3 is 20.5 Å². The third kappa shape index (κ3) is 3.22. The van der Waals surface area contributed by atoms with E-state index in [-0.39, 0.29) is 12.7 Å². The summed E-state index contributed by atoms with van der Waals surface area (Å²) in [6.45, 7) is 0.614. The first-order chi connectivity index (χ1) is 15.7. The van der Waals surface area contributed by atoms with Gasteiger partial charge in [-0.05, 0) is 66.0 Å². The number of hydrogen-bond acceptors (Lipinski definition) is 7. The van der Waals surface area contributed by atoms with Crippen LogP contribution in [0, 0.1) is 0 Å². The van der Waals surface area contributed by atoms with E-state index in [2.05, 4.69) is 22.8 Å². The van der Waals surface area contributed by atoms with Crippen LogP contribution < -0.4 is 20.5 Å². The smallest absolute Gasteiger partial charge is 0.263 e. The molecule has 1 aliphatic heterocycles. The number of pyridine rings is 1. The molecule has 162 valence electrons. The molecule has 8 heteroatoms. The number of nitrogen functional groups attached to an aromatic ring is 1. The number of aromatic nitrogens is 1. The van der Waals surface area contributed by atoms with Crippen LogP contribution in [0.25, 0.3) is 20.8 Å². The van der Waals surface area contributed by atoms with Crippen molar-refractivity contribution in [2.24, 2.45) is 0 Å². The molecule has 0 saturated heterocycles. The van der Waals surface area contributed by atoms with Gasteiger partial charge in [-0.15, -0.1) is 22.7 Å². The second-order valence-electron chi connectivity index (χ2n) is 8.00. The predicted molar refractivity (Wildman–Crippen MR) is 128 cm³/mol. The molecule has 1 aromatic carbocycles. The molecule has 3 N–H and O–H groups in total. The van der Waals surface area contributed by atoms with E-state index in [1.165, 1.54) is 27.3 Å². The fourth-order valence-electron chi connectivity index (χ4n) is 4.51. The molecule has 32 heavy (non-hydrogen) atoms. The quantitative estimate of drug-likeness (QED) is 0.437. The second-order valence-corrected chi connectivity index (χ2v) is 9.94. The van der Waals surface area contributed by atoms with Crippen molar-refractivity contribution in [2.75, 3.05) is 12.5 Å². The highest BCUT2D eigenvalue weighted by atomic mass is 32.1. The lowest BCUT2D eigenvalue weighted by atomic mass is 9.88. The van der Waals surface area contributed by atoms with E-state index in [0.29, 0.717) is 22.9 Å². The lowest BCUT2D eigenvalue weighted by Crippen LogP contribution is -2.22. The Bertz CT molecular complexity index is 1340. The van der Waals surface area contributed by atoms with Crippen molar-refractivity contribution in [2.45, 2.75) is 32.2 Å². The molecule has 0 saturated carbocycles. The maximum atomic E-state index is 13.1. The molecular weight excluding hydrogens is 442 g/mol. The van der Waals surface area contributed by atoms with Crippen LogP contribution in [0.2, 0.25) is 0 Å². The number of rotatable bonds is 4. The molecule has 1 amide bonds. The Kier molecular flexibility index (Phi) is 4.77. The normalized spacial score (nSPS) is 14.5. The summed E-state index contributed by atoms with van der Waals surface area (Å²) in [7, 11) is 0. The van der Waals surface area contributed by atoms with Gasteiger partial charge in [-0.2, -0.15) is 0 Å². The number of thiophene rings is 2. The van der Waals surface area contributed by atoms with Gasteiger partial charge in [0.1, 0.15) is 9.71 Å². The van der Waals surface area contributed by atoms with Crippen molar-refractivity contribution in [3.05, 3.63) is 57.3 Å². The number of hydrogen-bond donors (Lipinski definition) is 2. The Morgan fingerprint density at radius 2 is 1.97 bits per heavy atom. The largest absolute Gasteiger partial charge is 0.454 e. The van der Waals surface area contributed by atoms with E-state index >= 15 is 0 Å². The number of anilines is 1. The number of fused-ring (bicyclic) bond motifs is 4. The van der Waals surface area contributed by atoms with Gasteiger partial charge in [-0.25, -0.2) is 4.98 Å². The van der Waals surface area contributed by atoms with Crippen LogP contribution in [0.4, 0.5) is 5.69 Å². The Hall–Kier alpha value is -3.10. The maximum absolute atomic E-state index is 13.1. The Morgan fingerprint density at radius 1 is 1.12 bits per heavy atom. The molecule has 6 nitrogen and oxygen atoms in total. The maximum Gasteiger partial charge on any atom is 0.263 e. The summed E-state index contributed by atoms with van der Waals surface area (Å²) in [6, 6.07) is 9.85. The number of aryl methyl sites for hydroxylation is 1.